The van der Waals surface area contributed by atoms with Crippen molar-refractivity contribution >= 4 is 5.91 Å². The zero-order valence-corrected chi connectivity index (χ0v) is 16.1. The number of carbonyl (C=O) groups excluding carboxylic acids is 1. The van der Waals surface area contributed by atoms with Gasteiger partial charge in [0.25, 0.3) is 5.91 Å². The third kappa shape index (κ3) is 5.18. The number of carbonyl (C=O) groups is 1. The molecule has 0 unspecified atom stereocenters. The maximum absolute atomic E-state index is 12.4. The lowest BCUT2D eigenvalue weighted by molar-refractivity contribution is 0.0950. The number of amides is 1. The lowest BCUT2D eigenvalue weighted by Gasteiger charge is -2.11. The van der Waals surface area contributed by atoms with E-state index in [1.807, 2.05) is 61.5 Å². The minimum Gasteiger partial charge on any atom is -0.489 e. The number of para-hydroxylation sites is 1. The molecule has 1 atom stereocenters. The first-order valence-electron chi connectivity index (χ1n) is 9.22. The summed E-state index contributed by atoms with van der Waals surface area (Å²) in [7, 11) is 0. The Bertz CT molecular complexity index is 922. The number of aliphatic hydroxyl groups is 1. The van der Waals surface area contributed by atoms with Crippen LogP contribution < -0.4 is 10.1 Å². The van der Waals surface area contributed by atoms with Gasteiger partial charge in [-0.05, 0) is 49.7 Å². The molecule has 0 saturated heterocycles. The minimum absolute atomic E-state index is 0.158. The van der Waals surface area contributed by atoms with E-state index in [1.54, 1.807) is 19.1 Å². The number of aryl methyl sites for hydroxylation is 1. The number of pyridine rings is 1. The van der Waals surface area contributed by atoms with Gasteiger partial charge in [-0.15, -0.1) is 0 Å². The zero-order chi connectivity index (χ0) is 19.9. The van der Waals surface area contributed by atoms with Crippen molar-refractivity contribution in [1.82, 2.24) is 10.3 Å². The number of nitrogens with zero attached hydrogens (tertiary/aromatic N) is 1. The monoisotopic (exact) mass is 376 g/mol. The summed E-state index contributed by atoms with van der Waals surface area (Å²) in [6.45, 7) is 4.34. The fourth-order valence-electron chi connectivity index (χ4n) is 2.87. The summed E-state index contributed by atoms with van der Waals surface area (Å²) >= 11 is 0. The van der Waals surface area contributed by atoms with Gasteiger partial charge in [0, 0.05) is 16.8 Å². The predicted molar refractivity (Wildman–Crippen MR) is 108 cm³/mol. The van der Waals surface area contributed by atoms with E-state index in [4.69, 9.17) is 4.74 Å². The maximum atomic E-state index is 12.4. The number of ether oxygens (including phenoxy) is 1. The Balaban J connectivity index is 1.54. The van der Waals surface area contributed by atoms with Gasteiger partial charge in [0.15, 0.2) is 0 Å². The highest BCUT2D eigenvalue weighted by atomic mass is 16.5. The Morgan fingerprint density at radius 1 is 1.07 bits per heavy atom. The molecule has 5 nitrogen and oxygen atoms in total. The second-order valence-electron chi connectivity index (χ2n) is 6.63. The van der Waals surface area contributed by atoms with Crippen LogP contribution in [0.5, 0.6) is 5.75 Å². The lowest BCUT2D eigenvalue weighted by atomic mass is 10.1. The predicted octanol–water partition coefficient (Wildman–Crippen LogP) is 3.95. The molecule has 28 heavy (non-hydrogen) atoms. The quantitative estimate of drug-likeness (QED) is 0.655. The van der Waals surface area contributed by atoms with Gasteiger partial charge in [0.1, 0.15) is 12.4 Å². The Morgan fingerprint density at radius 3 is 2.43 bits per heavy atom. The number of rotatable bonds is 7. The summed E-state index contributed by atoms with van der Waals surface area (Å²) in [5, 5.41) is 12.5. The maximum Gasteiger partial charge on any atom is 0.251 e. The van der Waals surface area contributed by atoms with Crippen LogP contribution in [-0.2, 0) is 13.2 Å². The van der Waals surface area contributed by atoms with Crippen molar-refractivity contribution in [3.8, 4) is 5.75 Å². The summed E-state index contributed by atoms with van der Waals surface area (Å²) in [5.41, 5.74) is 3.89. The summed E-state index contributed by atoms with van der Waals surface area (Å²) in [6.07, 6.45) is -0.555. The number of benzene rings is 2. The van der Waals surface area contributed by atoms with E-state index in [2.05, 4.69) is 10.3 Å². The van der Waals surface area contributed by atoms with Crippen LogP contribution in [0.3, 0.4) is 0 Å². The van der Waals surface area contributed by atoms with E-state index in [9.17, 15) is 9.90 Å². The SMILES string of the molecule is Cc1nc(CNC(=O)c2ccc(COc3ccccc3)cc2)ccc1[C@H](C)O. The van der Waals surface area contributed by atoms with Crippen molar-refractivity contribution < 1.29 is 14.6 Å². The highest BCUT2D eigenvalue weighted by Crippen LogP contribution is 2.16. The molecule has 1 amide bonds. The third-order valence-corrected chi connectivity index (χ3v) is 4.43. The van der Waals surface area contributed by atoms with Crippen molar-refractivity contribution in [3.05, 3.63) is 94.8 Å². The highest BCUT2D eigenvalue weighted by Gasteiger charge is 2.09. The fraction of sp³-hybridized carbons (Fsp3) is 0.217. The number of nitrogens with one attached hydrogen (secondary N) is 1. The van der Waals surface area contributed by atoms with E-state index >= 15 is 0 Å². The van der Waals surface area contributed by atoms with E-state index < -0.39 is 6.10 Å². The molecule has 0 fully saturated rings. The fourth-order valence-corrected chi connectivity index (χ4v) is 2.87. The minimum atomic E-state index is -0.555. The Hall–Kier alpha value is -3.18. The van der Waals surface area contributed by atoms with Crippen molar-refractivity contribution in [2.24, 2.45) is 0 Å². The summed E-state index contributed by atoms with van der Waals surface area (Å²) < 4.78 is 5.71. The molecule has 2 N–H and O–H groups in total. The smallest absolute Gasteiger partial charge is 0.251 e. The van der Waals surface area contributed by atoms with Crippen molar-refractivity contribution in [1.29, 1.82) is 0 Å². The molecule has 144 valence electrons. The van der Waals surface area contributed by atoms with Gasteiger partial charge < -0.3 is 15.2 Å². The van der Waals surface area contributed by atoms with Crippen molar-refractivity contribution in [3.63, 3.8) is 0 Å². The van der Waals surface area contributed by atoms with Crippen LogP contribution in [0.1, 0.15) is 45.9 Å². The second kappa shape index (κ2) is 9.15. The largest absolute Gasteiger partial charge is 0.489 e. The van der Waals surface area contributed by atoms with Crippen molar-refractivity contribution in [2.75, 3.05) is 0 Å². The van der Waals surface area contributed by atoms with Crippen LogP contribution in [0.4, 0.5) is 0 Å². The molecule has 3 rings (SSSR count). The Labute approximate surface area is 165 Å². The van der Waals surface area contributed by atoms with Gasteiger partial charge in [0.2, 0.25) is 0 Å². The van der Waals surface area contributed by atoms with E-state index in [1.165, 1.54) is 0 Å². The van der Waals surface area contributed by atoms with Crippen LogP contribution >= 0.6 is 0 Å². The molecule has 0 bridgehead atoms. The summed E-state index contributed by atoms with van der Waals surface area (Å²) in [5.74, 6) is 0.656. The first kappa shape index (κ1) is 19.6. The standard InChI is InChI=1S/C23H24N2O3/c1-16-22(17(2)26)13-12-20(25-16)14-24-23(27)19-10-8-18(9-11-19)15-28-21-6-4-3-5-7-21/h3-13,17,26H,14-15H2,1-2H3,(H,24,27)/t17-/m0/s1. The van der Waals surface area contributed by atoms with Crippen LogP contribution in [0.2, 0.25) is 0 Å². The average molecular weight is 376 g/mol. The molecule has 5 heteroatoms. The molecule has 0 spiro atoms. The molecule has 1 aromatic heterocycles. The van der Waals surface area contributed by atoms with Gasteiger partial charge in [-0.1, -0.05) is 36.4 Å². The zero-order valence-electron chi connectivity index (χ0n) is 16.1. The van der Waals surface area contributed by atoms with E-state index in [0.29, 0.717) is 18.7 Å². The van der Waals surface area contributed by atoms with Crippen LogP contribution in [0.25, 0.3) is 0 Å². The molecule has 2 aromatic carbocycles. The van der Waals surface area contributed by atoms with Gasteiger partial charge in [-0.2, -0.15) is 0 Å². The first-order valence-corrected chi connectivity index (χ1v) is 9.22. The molecular formula is C23H24N2O3. The number of hydrogen-bond acceptors (Lipinski definition) is 4. The molecule has 0 aliphatic heterocycles. The highest BCUT2D eigenvalue weighted by molar-refractivity contribution is 5.94. The molecule has 0 radical (unpaired) electrons. The topological polar surface area (TPSA) is 71.5 Å². The van der Waals surface area contributed by atoms with Gasteiger partial charge >= 0.3 is 0 Å². The van der Waals surface area contributed by atoms with Gasteiger partial charge in [0.05, 0.1) is 18.3 Å². The van der Waals surface area contributed by atoms with E-state index in [-0.39, 0.29) is 5.91 Å². The lowest BCUT2D eigenvalue weighted by Crippen LogP contribution is -2.23. The number of hydrogen-bond donors (Lipinski definition) is 2. The molecule has 1 heterocycles. The molecule has 0 aliphatic rings. The summed E-state index contributed by atoms with van der Waals surface area (Å²) in [6, 6.07) is 20.6. The van der Waals surface area contributed by atoms with E-state index in [0.717, 1.165) is 28.3 Å². The van der Waals surface area contributed by atoms with Gasteiger partial charge in [-0.3, -0.25) is 9.78 Å². The molecular weight excluding hydrogens is 352 g/mol. The van der Waals surface area contributed by atoms with Crippen LogP contribution in [0, 0.1) is 6.92 Å². The number of aromatic nitrogens is 1. The van der Waals surface area contributed by atoms with Gasteiger partial charge in [-0.25, -0.2) is 0 Å². The molecule has 0 aliphatic carbocycles. The Morgan fingerprint density at radius 2 is 1.79 bits per heavy atom. The second-order valence-corrected chi connectivity index (χ2v) is 6.63. The summed E-state index contributed by atoms with van der Waals surface area (Å²) in [4.78, 5) is 16.8. The molecule has 0 saturated carbocycles. The first-order chi connectivity index (χ1) is 13.5. The third-order valence-electron chi connectivity index (χ3n) is 4.43. The average Bonchev–Trinajstić information content (AvgIpc) is 2.71. The number of aliphatic hydroxyl groups excluding tert-OH is 1. The normalized spacial score (nSPS) is 11.7. The van der Waals surface area contributed by atoms with Crippen LogP contribution in [-0.4, -0.2) is 16.0 Å². The Kier molecular flexibility index (Phi) is 6.40. The van der Waals surface area contributed by atoms with Crippen LogP contribution in [0.15, 0.2) is 66.7 Å². The van der Waals surface area contributed by atoms with Crippen molar-refractivity contribution in [2.45, 2.75) is 33.1 Å². The molecule has 3 aromatic rings.